The van der Waals surface area contributed by atoms with Gasteiger partial charge in [0.1, 0.15) is 5.75 Å². The van der Waals surface area contributed by atoms with Gasteiger partial charge in [0.05, 0.1) is 10.7 Å². The van der Waals surface area contributed by atoms with Crippen molar-refractivity contribution < 1.29 is 14.7 Å². The summed E-state index contributed by atoms with van der Waals surface area (Å²) < 4.78 is 0.508. The second-order valence-electron chi connectivity index (χ2n) is 5.52. The molecular formula is C19H20BrN3O3. The van der Waals surface area contributed by atoms with Crippen LogP contribution in [0, 0.1) is 0 Å². The summed E-state index contributed by atoms with van der Waals surface area (Å²) in [4.78, 5) is 24.1. The topological polar surface area (TPSA) is 90.8 Å². The molecular weight excluding hydrogens is 398 g/mol. The van der Waals surface area contributed by atoms with E-state index in [1.807, 2.05) is 32.0 Å². The van der Waals surface area contributed by atoms with Gasteiger partial charge in [-0.25, -0.2) is 5.43 Å². The number of carbonyl (C=O) groups excluding carboxylic acids is 2. The van der Waals surface area contributed by atoms with Crippen LogP contribution in [0.1, 0.15) is 30.5 Å². The van der Waals surface area contributed by atoms with E-state index >= 15 is 0 Å². The largest absolute Gasteiger partial charge is 0.507 e. The van der Waals surface area contributed by atoms with Crippen LogP contribution in [0.2, 0.25) is 0 Å². The van der Waals surface area contributed by atoms with Crippen LogP contribution in [0.25, 0.3) is 0 Å². The third-order valence-electron chi connectivity index (χ3n) is 3.80. The molecule has 26 heavy (non-hydrogen) atoms. The van der Waals surface area contributed by atoms with Crippen molar-refractivity contribution in [3.05, 3.63) is 57.6 Å². The van der Waals surface area contributed by atoms with Crippen LogP contribution in [0.15, 0.2) is 46.0 Å². The highest BCUT2D eigenvalue weighted by molar-refractivity contribution is 9.10. The number of phenols is 1. The van der Waals surface area contributed by atoms with E-state index in [0.717, 1.165) is 24.0 Å². The van der Waals surface area contributed by atoms with Crippen molar-refractivity contribution >= 4 is 39.6 Å². The van der Waals surface area contributed by atoms with Gasteiger partial charge in [-0.2, -0.15) is 5.10 Å². The maximum Gasteiger partial charge on any atom is 0.329 e. The number of carbonyl (C=O) groups is 2. The van der Waals surface area contributed by atoms with Gasteiger partial charge in [-0.05, 0) is 63.7 Å². The Balaban J connectivity index is 2.03. The lowest BCUT2D eigenvalue weighted by Crippen LogP contribution is -2.33. The molecule has 7 heteroatoms. The van der Waals surface area contributed by atoms with Crippen molar-refractivity contribution in [1.29, 1.82) is 0 Å². The Kier molecular flexibility index (Phi) is 6.91. The van der Waals surface area contributed by atoms with Crippen LogP contribution in [0.4, 0.5) is 5.69 Å². The molecule has 2 amide bonds. The monoisotopic (exact) mass is 417 g/mol. The van der Waals surface area contributed by atoms with E-state index in [2.05, 4.69) is 31.8 Å². The molecule has 0 saturated carbocycles. The Morgan fingerprint density at radius 3 is 2.35 bits per heavy atom. The minimum absolute atomic E-state index is 0.104. The number of anilines is 1. The summed E-state index contributed by atoms with van der Waals surface area (Å²) in [5, 5.41) is 15.9. The van der Waals surface area contributed by atoms with E-state index < -0.39 is 11.8 Å². The van der Waals surface area contributed by atoms with Gasteiger partial charge in [-0.1, -0.05) is 32.0 Å². The number of aromatic hydroxyl groups is 1. The molecule has 6 nitrogen and oxygen atoms in total. The molecule has 2 aromatic rings. The predicted octanol–water partition coefficient (Wildman–Crippen LogP) is 3.37. The molecule has 0 unspecified atom stereocenters. The average Bonchev–Trinajstić information content (AvgIpc) is 2.64. The number of benzene rings is 2. The number of nitrogens with one attached hydrogen (secondary N) is 2. The summed E-state index contributed by atoms with van der Waals surface area (Å²) >= 11 is 3.19. The molecule has 0 atom stereocenters. The number of para-hydroxylation sites is 1. The molecule has 0 spiro atoms. The van der Waals surface area contributed by atoms with E-state index in [4.69, 9.17) is 0 Å². The Hall–Kier alpha value is -2.67. The van der Waals surface area contributed by atoms with Gasteiger partial charge >= 0.3 is 11.8 Å². The smallest absolute Gasteiger partial charge is 0.329 e. The number of hydrogen-bond acceptors (Lipinski definition) is 4. The number of aryl methyl sites for hydroxylation is 2. The highest BCUT2D eigenvalue weighted by atomic mass is 79.9. The van der Waals surface area contributed by atoms with E-state index in [1.54, 1.807) is 12.1 Å². The average molecular weight is 418 g/mol. The van der Waals surface area contributed by atoms with Gasteiger partial charge in [0.2, 0.25) is 0 Å². The number of rotatable bonds is 5. The zero-order chi connectivity index (χ0) is 19.1. The van der Waals surface area contributed by atoms with Crippen molar-refractivity contribution in [3.63, 3.8) is 0 Å². The number of halogens is 1. The summed E-state index contributed by atoms with van der Waals surface area (Å²) in [5.41, 5.74) is 5.49. The maximum atomic E-state index is 12.2. The van der Waals surface area contributed by atoms with Crippen LogP contribution < -0.4 is 10.7 Å². The summed E-state index contributed by atoms with van der Waals surface area (Å²) in [6, 6.07) is 10.5. The van der Waals surface area contributed by atoms with Crippen LogP contribution in [-0.2, 0) is 22.4 Å². The summed E-state index contributed by atoms with van der Waals surface area (Å²) in [5.74, 6) is -1.52. The molecule has 0 bridgehead atoms. The fraction of sp³-hybridized carbons (Fsp3) is 0.211. The number of phenolic OH excluding ortho intramolecular Hbond substituents is 1. The lowest BCUT2D eigenvalue weighted by atomic mass is 10.0. The van der Waals surface area contributed by atoms with Crippen molar-refractivity contribution in [2.45, 2.75) is 26.7 Å². The molecule has 0 saturated heterocycles. The molecule has 0 fully saturated rings. The van der Waals surface area contributed by atoms with Crippen LogP contribution in [0.3, 0.4) is 0 Å². The third-order valence-corrected chi connectivity index (χ3v) is 4.43. The van der Waals surface area contributed by atoms with Crippen LogP contribution in [0.5, 0.6) is 5.75 Å². The quantitative estimate of drug-likeness (QED) is 0.395. The molecule has 0 aliphatic heterocycles. The minimum atomic E-state index is -0.855. The maximum absolute atomic E-state index is 12.2. The normalized spacial score (nSPS) is 10.7. The highest BCUT2D eigenvalue weighted by Crippen LogP contribution is 2.24. The lowest BCUT2D eigenvalue weighted by molar-refractivity contribution is -0.136. The molecule has 3 N–H and O–H groups in total. The number of amides is 2. The first-order chi connectivity index (χ1) is 12.5. The first-order valence-corrected chi connectivity index (χ1v) is 8.99. The van der Waals surface area contributed by atoms with E-state index in [1.165, 1.54) is 12.3 Å². The van der Waals surface area contributed by atoms with Crippen molar-refractivity contribution in [1.82, 2.24) is 5.43 Å². The summed E-state index contributed by atoms with van der Waals surface area (Å²) in [6.07, 6.45) is 2.88. The van der Waals surface area contributed by atoms with E-state index in [-0.39, 0.29) is 5.75 Å². The Labute approximate surface area is 160 Å². The molecule has 0 heterocycles. The first kappa shape index (κ1) is 19.7. The van der Waals surface area contributed by atoms with Gasteiger partial charge < -0.3 is 10.4 Å². The number of hydrazone groups is 1. The highest BCUT2D eigenvalue weighted by Gasteiger charge is 2.16. The second kappa shape index (κ2) is 9.15. The number of nitrogens with zero attached hydrogens (tertiary/aromatic N) is 1. The summed E-state index contributed by atoms with van der Waals surface area (Å²) in [7, 11) is 0. The first-order valence-electron chi connectivity index (χ1n) is 8.19. The van der Waals surface area contributed by atoms with Gasteiger partial charge in [0, 0.05) is 5.69 Å². The van der Waals surface area contributed by atoms with Crippen LogP contribution >= 0.6 is 15.9 Å². The van der Waals surface area contributed by atoms with Crippen molar-refractivity contribution in [3.8, 4) is 5.75 Å². The van der Waals surface area contributed by atoms with Crippen LogP contribution in [-0.4, -0.2) is 23.1 Å². The van der Waals surface area contributed by atoms with Gasteiger partial charge in [-0.3, -0.25) is 9.59 Å². The predicted molar refractivity (Wildman–Crippen MR) is 105 cm³/mol. The summed E-state index contributed by atoms with van der Waals surface area (Å²) in [6.45, 7) is 3.98. The molecule has 2 aromatic carbocycles. The molecule has 0 radical (unpaired) electrons. The molecule has 136 valence electrons. The Morgan fingerprint density at radius 2 is 1.77 bits per heavy atom. The van der Waals surface area contributed by atoms with Gasteiger partial charge in [0.25, 0.3) is 0 Å². The zero-order valence-corrected chi connectivity index (χ0v) is 16.1. The van der Waals surface area contributed by atoms with Gasteiger partial charge in [-0.15, -0.1) is 0 Å². The fourth-order valence-corrected chi connectivity index (χ4v) is 2.79. The minimum Gasteiger partial charge on any atom is -0.507 e. The molecule has 0 aliphatic rings. The molecule has 0 aromatic heterocycles. The second-order valence-corrected chi connectivity index (χ2v) is 6.38. The Bertz CT molecular complexity index is 828. The standard InChI is InChI=1S/C19H20BrN3O3/c1-3-13-6-5-7-14(4-2)17(13)22-18(25)19(26)23-21-11-12-8-9-16(24)15(20)10-12/h5-11,24H,3-4H2,1-2H3,(H,22,25)(H,23,26)/b21-11+. The molecule has 2 rings (SSSR count). The lowest BCUT2D eigenvalue weighted by Gasteiger charge is -2.13. The SMILES string of the molecule is CCc1cccc(CC)c1NC(=O)C(=O)N/N=C/c1ccc(O)c(Br)c1. The Morgan fingerprint density at radius 1 is 1.12 bits per heavy atom. The van der Waals surface area contributed by atoms with E-state index in [9.17, 15) is 14.7 Å². The van der Waals surface area contributed by atoms with Gasteiger partial charge in [0.15, 0.2) is 0 Å². The van der Waals surface area contributed by atoms with E-state index in [0.29, 0.717) is 15.7 Å². The number of hydrogen-bond donors (Lipinski definition) is 3. The third kappa shape index (κ3) is 4.92. The fourth-order valence-electron chi connectivity index (χ4n) is 2.39. The zero-order valence-electron chi connectivity index (χ0n) is 14.5. The van der Waals surface area contributed by atoms with Crippen molar-refractivity contribution in [2.75, 3.05) is 5.32 Å². The molecule has 0 aliphatic carbocycles. The van der Waals surface area contributed by atoms with Crippen molar-refractivity contribution in [2.24, 2.45) is 5.10 Å².